The standard InChI is InChI=1S/C8H8N2O2/c1-5-10-7-2-6(4-11)3-9-8(7)12-5/h2-3,11H,4H2,1H3. The van der Waals surface area contributed by atoms with E-state index in [1.165, 1.54) is 0 Å². The first-order valence-electron chi connectivity index (χ1n) is 3.62. The van der Waals surface area contributed by atoms with Crippen LogP contribution in [0.15, 0.2) is 16.7 Å². The van der Waals surface area contributed by atoms with Crippen molar-refractivity contribution >= 4 is 11.2 Å². The zero-order chi connectivity index (χ0) is 8.55. The van der Waals surface area contributed by atoms with Gasteiger partial charge in [0.1, 0.15) is 5.52 Å². The summed E-state index contributed by atoms with van der Waals surface area (Å²) in [7, 11) is 0. The smallest absolute Gasteiger partial charge is 0.246 e. The molecule has 0 bridgehead atoms. The van der Waals surface area contributed by atoms with E-state index in [4.69, 9.17) is 9.52 Å². The van der Waals surface area contributed by atoms with Crippen molar-refractivity contribution in [2.75, 3.05) is 0 Å². The Bertz CT molecular complexity index is 408. The van der Waals surface area contributed by atoms with Crippen LogP contribution in [0.4, 0.5) is 0 Å². The molecule has 2 heterocycles. The maximum absolute atomic E-state index is 8.81. The summed E-state index contributed by atoms with van der Waals surface area (Å²) in [5.41, 5.74) is 1.96. The summed E-state index contributed by atoms with van der Waals surface area (Å²) in [5.74, 6) is 0.590. The summed E-state index contributed by atoms with van der Waals surface area (Å²) < 4.78 is 5.16. The van der Waals surface area contributed by atoms with Gasteiger partial charge in [-0.15, -0.1) is 0 Å². The summed E-state index contributed by atoms with van der Waals surface area (Å²) in [6.45, 7) is 1.75. The van der Waals surface area contributed by atoms with Crippen molar-refractivity contribution in [1.82, 2.24) is 9.97 Å². The summed E-state index contributed by atoms with van der Waals surface area (Å²) in [6, 6.07) is 1.76. The summed E-state index contributed by atoms with van der Waals surface area (Å²) in [6.07, 6.45) is 1.58. The predicted octanol–water partition coefficient (Wildman–Crippen LogP) is 1.02. The number of pyridine rings is 1. The van der Waals surface area contributed by atoms with E-state index in [1.807, 2.05) is 0 Å². The summed E-state index contributed by atoms with van der Waals surface area (Å²) in [5, 5.41) is 8.81. The van der Waals surface area contributed by atoms with Crippen LogP contribution < -0.4 is 0 Å². The minimum atomic E-state index is -0.0190. The SMILES string of the molecule is Cc1nc2cc(CO)cnc2o1. The number of hydrogen-bond donors (Lipinski definition) is 1. The minimum Gasteiger partial charge on any atom is -0.423 e. The number of nitrogens with zero attached hydrogens (tertiary/aromatic N) is 2. The number of aliphatic hydroxyl groups is 1. The molecule has 0 atom stereocenters. The van der Waals surface area contributed by atoms with Crippen molar-refractivity contribution in [2.45, 2.75) is 13.5 Å². The van der Waals surface area contributed by atoms with Crippen LogP contribution in [0.2, 0.25) is 0 Å². The van der Waals surface area contributed by atoms with Crippen molar-refractivity contribution in [3.63, 3.8) is 0 Å². The molecule has 0 spiro atoms. The Morgan fingerprint density at radius 1 is 1.58 bits per heavy atom. The molecule has 2 rings (SSSR count). The highest BCUT2D eigenvalue weighted by atomic mass is 16.4. The van der Waals surface area contributed by atoms with Crippen LogP contribution in [0.5, 0.6) is 0 Å². The zero-order valence-electron chi connectivity index (χ0n) is 6.61. The number of aromatic nitrogens is 2. The van der Waals surface area contributed by atoms with E-state index in [0.29, 0.717) is 17.1 Å². The second-order valence-corrected chi connectivity index (χ2v) is 2.56. The van der Waals surface area contributed by atoms with Crippen LogP contribution in [0.25, 0.3) is 11.2 Å². The van der Waals surface area contributed by atoms with Crippen molar-refractivity contribution in [2.24, 2.45) is 0 Å². The lowest BCUT2D eigenvalue weighted by molar-refractivity contribution is 0.281. The van der Waals surface area contributed by atoms with Gasteiger partial charge in [0.05, 0.1) is 6.61 Å². The zero-order valence-corrected chi connectivity index (χ0v) is 6.61. The first-order chi connectivity index (χ1) is 5.79. The molecule has 4 heteroatoms. The molecule has 0 unspecified atom stereocenters. The van der Waals surface area contributed by atoms with E-state index >= 15 is 0 Å². The lowest BCUT2D eigenvalue weighted by Gasteiger charge is -1.91. The summed E-state index contributed by atoms with van der Waals surface area (Å²) >= 11 is 0. The molecule has 1 N–H and O–H groups in total. The first-order valence-corrected chi connectivity index (χ1v) is 3.62. The van der Waals surface area contributed by atoms with Crippen molar-refractivity contribution in [1.29, 1.82) is 0 Å². The maximum atomic E-state index is 8.81. The van der Waals surface area contributed by atoms with Crippen LogP contribution >= 0.6 is 0 Å². The Balaban J connectivity index is 2.66. The van der Waals surface area contributed by atoms with Gasteiger partial charge in [0.2, 0.25) is 5.71 Å². The largest absolute Gasteiger partial charge is 0.423 e. The number of rotatable bonds is 1. The van der Waals surface area contributed by atoms with Gasteiger partial charge in [-0.1, -0.05) is 0 Å². The van der Waals surface area contributed by atoms with Crippen LogP contribution in [0.1, 0.15) is 11.5 Å². The highest BCUT2D eigenvalue weighted by Crippen LogP contribution is 2.13. The van der Waals surface area contributed by atoms with Crippen molar-refractivity contribution in [3.8, 4) is 0 Å². The Hall–Kier alpha value is -1.42. The van der Waals surface area contributed by atoms with Gasteiger partial charge in [0.15, 0.2) is 5.89 Å². The number of fused-ring (bicyclic) bond motifs is 1. The predicted molar refractivity (Wildman–Crippen MR) is 42.5 cm³/mol. The Labute approximate surface area is 68.9 Å². The van der Waals surface area contributed by atoms with E-state index in [2.05, 4.69) is 9.97 Å². The Morgan fingerprint density at radius 2 is 2.42 bits per heavy atom. The highest BCUT2D eigenvalue weighted by Gasteiger charge is 2.03. The molecular weight excluding hydrogens is 156 g/mol. The fourth-order valence-electron chi connectivity index (χ4n) is 1.06. The average Bonchev–Trinajstić information content (AvgIpc) is 2.43. The summed E-state index contributed by atoms with van der Waals surface area (Å²) in [4.78, 5) is 8.07. The Kier molecular flexibility index (Phi) is 1.55. The Morgan fingerprint density at radius 3 is 3.17 bits per heavy atom. The third-order valence-electron chi connectivity index (χ3n) is 1.59. The van der Waals surface area contributed by atoms with Gasteiger partial charge >= 0.3 is 0 Å². The molecule has 0 aromatic carbocycles. The van der Waals surface area contributed by atoms with Crippen LogP contribution in [0, 0.1) is 6.92 Å². The fourth-order valence-corrected chi connectivity index (χ4v) is 1.06. The molecule has 0 fully saturated rings. The molecule has 62 valence electrons. The first kappa shape index (κ1) is 7.24. The van der Waals surface area contributed by atoms with E-state index < -0.39 is 0 Å². The molecule has 12 heavy (non-hydrogen) atoms. The van der Waals surface area contributed by atoms with E-state index in [9.17, 15) is 0 Å². The molecule has 0 saturated carbocycles. The van der Waals surface area contributed by atoms with Gasteiger partial charge in [-0.05, 0) is 11.6 Å². The second kappa shape index (κ2) is 2.57. The molecule has 0 amide bonds. The van der Waals surface area contributed by atoms with E-state index in [0.717, 1.165) is 5.56 Å². The number of oxazole rings is 1. The highest BCUT2D eigenvalue weighted by molar-refractivity contribution is 5.68. The van der Waals surface area contributed by atoms with Gasteiger partial charge in [0, 0.05) is 13.1 Å². The van der Waals surface area contributed by atoms with Gasteiger partial charge in [-0.25, -0.2) is 9.97 Å². The van der Waals surface area contributed by atoms with Crippen LogP contribution in [0.3, 0.4) is 0 Å². The van der Waals surface area contributed by atoms with Gasteiger partial charge in [-0.3, -0.25) is 0 Å². The minimum absolute atomic E-state index is 0.0190. The number of aliphatic hydroxyl groups excluding tert-OH is 1. The average molecular weight is 164 g/mol. The quantitative estimate of drug-likeness (QED) is 0.683. The molecule has 0 aliphatic heterocycles. The number of aryl methyl sites for hydroxylation is 1. The van der Waals surface area contributed by atoms with Crippen LogP contribution in [-0.2, 0) is 6.61 Å². The molecule has 0 radical (unpaired) electrons. The molecule has 2 aromatic heterocycles. The lowest BCUT2D eigenvalue weighted by atomic mass is 10.3. The van der Waals surface area contributed by atoms with Crippen molar-refractivity contribution < 1.29 is 9.52 Å². The van der Waals surface area contributed by atoms with Gasteiger partial charge in [-0.2, -0.15) is 0 Å². The molecule has 0 aliphatic rings. The van der Waals surface area contributed by atoms with Gasteiger partial charge in [0.25, 0.3) is 0 Å². The van der Waals surface area contributed by atoms with Crippen LogP contribution in [-0.4, -0.2) is 15.1 Å². The molecule has 0 aliphatic carbocycles. The molecule has 2 aromatic rings. The maximum Gasteiger partial charge on any atom is 0.246 e. The van der Waals surface area contributed by atoms with E-state index in [1.54, 1.807) is 19.2 Å². The monoisotopic (exact) mass is 164 g/mol. The van der Waals surface area contributed by atoms with E-state index in [-0.39, 0.29) is 6.61 Å². The molecular formula is C8H8N2O2. The third kappa shape index (κ3) is 1.06. The number of hydrogen-bond acceptors (Lipinski definition) is 4. The third-order valence-corrected chi connectivity index (χ3v) is 1.59. The second-order valence-electron chi connectivity index (χ2n) is 2.56. The van der Waals surface area contributed by atoms with Gasteiger partial charge < -0.3 is 9.52 Å². The molecule has 4 nitrogen and oxygen atoms in total. The molecule has 0 saturated heterocycles. The lowest BCUT2D eigenvalue weighted by Crippen LogP contribution is -1.84. The fraction of sp³-hybridized carbons (Fsp3) is 0.250. The topological polar surface area (TPSA) is 59.2 Å². The normalized spacial score (nSPS) is 10.8. The van der Waals surface area contributed by atoms with Crippen molar-refractivity contribution in [3.05, 3.63) is 23.7 Å².